The zero-order chi connectivity index (χ0) is 14.8. The normalized spacial score (nSPS) is 14.9. The molecule has 0 unspecified atom stereocenters. The lowest BCUT2D eigenvalue weighted by Gasteiger charge is -2.43. The molecule has 110 valence electrons. The minimum atomic E-state index is -3.94. The standard InChI is InChI=1S/C14H26N2O2S/c1-13-7-9-14(10-8-13)19(17,18,15-2)12-6-11-16(3,4)5/h7-10H,6,11-12H2,1-5H3,(H-,15,17,18)/p+1. The summed E-state index contributed by atoms with van der Waals surface area (Å²) in [7, 11) is 3.87. The van der Waals surface area contributed by atoms with Crippen LogP contribution in [0.2, 0.25) is 0 Å². The Morgan fingerprint density at radius 3 is 2.16 bits per heavy atom. The molecule has 0 heterocycles. The molecule has 4 nitrogen and oxygen atoms in total. The van der Waals surface area contributed by atoms with Gasteiger partial charge in [0, 0.05) is 13.5 Å². The highest BCUT2D eigenvalue weighted by atomic mass is 32.3. The van der Waals surface area contributed by atoms with E-state index in [4.69, 9.17) is 0 Å². The van der Waals surface area contributed by atoms with E-state index in [1.165, 1.54) is 0 Å². The zero-order valence-electron chi connectivity index (χ0n) is 12.6. The molecule has 2 N–H and O–H groups in total. The van der Waals surface area contributed by atoms with Crippen molar-refractivity contribution in [2.75, 3.05) is 40.5 Å². The van der Waals surface area contributed by atoms with Crippen molar-refractivity contribution < 1.29 is 13.2 Å². The molecule has 0 spiro atoms. The van der Waals surface area contributed by atoms with Crippen molar-refractivity contribution in [1.82, 2.24) is 4.72 Å². The molecule has 0 aliphatic heterocycles. The fraction of sp³-hybridized carbons (Fsp3) is 0.571. The molecule has 1 rings (SSSR count). The van der Waals surface area contributed by atoms with Gasteiger partial charge in [-0.3, -0.25) is 4.55 Å². The number of hydrogen-bond acceptors (Lipinski definition) is 1. The van der Waals surface area contributed by atoms with Gasteiger partial charge in [-0.2, -0.15) is 4.21 Å². The van der Waals surface area contributed by atoms with Gasteiger partial charge >= 0.3 is 0 Å². The molecule has 0 aliphatic carbocycles. The van der Waals surface area contributed by atoms with Crippen LogP contribution in [0.3, 0.4) is 0 Å². The van der Waals surface area contributed by atoms with E-state index >= 15 is 0 Å². The Hall–Kier alpha value is -0.750. The molecule has 0 saturated heterocycles. The van der Waals surface area contributed by atoms with Gasteiger partial charge in [-0.05, 0) is 19.1 Å². The van der Waals surface area contributed by atoms with Crippen LogP contribution >= 0.6 is 0 Å². The maximum atomic E-state index is 13.0. The lowest BCUT2D eigenvalue weighted by atomic mass is 10.2. The number of quaternary nitrogens is 1. The largest absolute Gasteiger partial charge is 0.331 e. The van der Waals surface area contributed by atoms with Crippen LogP contribution in [0.15, 0.2) is 29.2 Å². The van der Waals surface area contributed by atoms with Crippen LogP contribution in [-0.2, 0) is 9.53 Å². The van der Waals surface area contributed by atoms with Crippen LogP contribution in [0, 0.1) is 6.92 Å². The number of nitrogens with zero attached hydrogens (tertiary/aromatic N) is 1. The van der Waals surface area contributed by atoms with Crippen molar-refractivity contribution in [2.24, 2.45) is 0 Å². The van der Waals surface area contributed by atoms with E-state index in [2.05, 4.69) is 25.9 Å². The molecule has 0 radical (unpaired) electrons. The summed E-state index contributed by atoms with van der Waals surface area (Å²) in [5.41, 5.74) is 1.08. The maximum Gasteiger partial charge on any atom is 0.0796 e. The van der Waals surface area contributed by atoms with Crippen LogP contribution < -0.4 is 4.72 Å². The first-order valence-electron chi connectivity index (χ1n) is 6.53. The van der Waals surface area contributed by atoms with Gasteiger partial charge in [-0.1, -0.05) is 17.7 Å². The molecule has 0 saturated carbocycles. The monoisotopic (exact) mass is 287 g/mol. The molecule has 0 aromatic heterocycles. The smallest absolute Gasteiger partial charge is 0.0796 e. The third kappa shape index (κ3) is 4.38. The van der Waals surface area contributed by atoms with E-state index in [-0.39, 0.29) is 5.75 Å². The van der Waals surface area contributed by atoms with Crippen molar-refractivity contribution in [3.05, 3.63) is 29.8 Å². The molecule has 0 bridgehead atoms. The summed E-state index contributed by atoms with van der Waals surface area (Å²) in [6.45, 7) is 2.83. The molecule has 0 amide bonds. The van der Waals surface area contributed by atoms with Crippen LogP contribution in [0.25, 0.3) is 0 Å². The Bertz CT molecular complexity index is 491. The highest BCUT2D eigenvalue weighted by molar-refractivity contribution is 8.13. The molecule has 5 heteroatoms. The van der Waals surface area contributed by atoms with Gasteiger partial charge < -0.3 is 4.48 Å². The van der Waals surface area contributed by atoms with Gasteiger partial charge in [-0.25, -0.2) is 4.72 Å². The van der Waals surface area contributed by atoms with Crippen molar-refractivity contribution in [2.45, 2.75) is 18.2 Å². The Kier molecular flexibility index (Phi) is 4.57. The molecule has 19 heavy (non-hydrogen) atoms. The molecule has 1 aromatic carbocycles. The molecular formula is C14H27N2O2S+. The van der Waals surface area contributed by atoms with Crippen molar-refractivity contribution in [3.63, 3.8) is 0 Å². The second kappa shape index (κ2) is 5.32. The lowest BCUT2D eigenvalue weighted by molar-refractivity contribution is -0.870. The number of hydrogen-bond donors (Lipinski definition) is 2. The zero-order valence-corrected chi connectivity index (χ0v) is 13.5. The Labute approximate surface area is 116 Å². The van der Waals surface area contributed by atoms with E-state index in [0.717, 1.165) is 16.6 Å². The Morgan fingerprint density at radius 2 is 1.74 bits per heavy atom. The first-order chi connectivity index (χ1) is 8.56. The highest BCUT2D eigenvalue weighted by Crippen LogP contribution is 2.29. The van der Waals surface area contributed by atoms with Gasteiger partial charge in [0.2, 0.25) is 0 Å². The van der Waals surface area contributed by atoms with Crippen LogP contribution in [0.1, 0.15) is 12.0 Å². The average Bonchev–Trinajstić information content (AvgIpc) is 2.28. The summed E-state index contributed by atoms with van der Waals surface area (Å²) in [6, 6.07) is 7.23. The van der Waals surface area contributed by atoms with E-state index in [9.17, 15) is 8.76 Å². The second-order valence-electron chi connectivity index (χ2n) is 6.15. The Balaban J connectivity index is 2.94. The van der Waals surface area contributed by atoms with Gasteiger partial charge in [0.05, 0.1) is 38.3 Å². The summed E-state index contributed by atoms with van der Waals surface area (Å²) in [4.78, 5) is 0.478. The summed E-state index contributed by atoms with van der Waals surface area (Å²) >= 11 is 0. The van der Waals surface area contributed by atoms with Crippen LogP contribution in [-0.4, -0.2) is 53.7 Å². The number of aryl methyl sites for hydroxylation is 1. The maximum absolute atomic E-state index is 13.0. The van der Waals surface area contributed by atoms with Gasteiger partial charge in [0.15, 0.2) is 0 Å². The first kappa shape index (κ1) is 16.3. The molecule has 0 aliphatic rings. The van der Waals surface area contributed by atoms with Crippen molar-refractivity contribution >= 4 is 9.53 Å². The molecule has 1 aromatic rings. The number of rotatable bonds is 6. The first-order valence-corrected chi connectivity index (χ1v) is 8.62. The van der Waals surface area contributed by atoms with E-state index in [1.807, 2.05) is 19.1 Å². The topological polar surface area (TPSA) is 49.3 Å². The molecule has 0 fully saturated rings. The third-order valence-electron chi connectivity index (χ3n) is 3.28. The fourth-order valence-electron chi connectivity index (χ4n) is 1.96. The Morgan fingerprint density at radius 1 is 1.21 bits per heavy atom. The molecular weight excluding hydrogens is 260 g/mol. The van der Waals surface area contributed by atoms with E-state index in [0.29, 0.717) is 11.3 Å². The minimum absolute atomic E-state index is 0.242. The minimum Gasteiger partial charge on any atom is -0.331 e. The quantitative estimate of drug-likeness (QED) is 0.785. The lowest BCUT2D eigenvalue weighted by Crippen LogP contribution is -2.49. The SMILES string of the molecule is CNS(=O)(O)(CCC[N+](C)(C)C)c1ccc(C)cc1. The summed E-state index contributed by atoms with van der Waals surface area (Å²) < 4.78 is 27.1. The summed E-state index contributed by atoms with van der Waals surface area (Å²) in [6.07, 6.45) is 0.695. The van der Waals surface area contributed by atoms with Crippen molar-refractivity contribution in [3.8, 4) is 0 Å². The van der Waals surface area contributed by atoms with Crippen molar-refractivity contribution in [1.29, 1.82) is 0 Å². The highest BCUT2D eigenvalue weighted by Gasteiger charge is 2.28. The fourth-order valence-corrected chi connectivity index (χ4v) is 4.00. The van der Waals surface area contributed by atoms with E-state index < -0.39 is 9.53 Å². The molecule has 0 atom stereocenters. The third-order valence-corrected chi connectivity index (χ3v) is 6.41. The van der Waals surface area contributed by atoms with Gasteiger partial charge in [0.25, 0.3) is 0 Å². The number of benzene rings is 1. The second-order valence-corrected chi connectivity index (χ2v) is 9.56. The summed E-state index contributed by atoms with van der Waals surface area (Å²) in [5.74, 6) is 0.242. The van der Waals surface area contributed by atoms with E-state index in [1.54, 1.807) is 19.2 Å². The predicted molar refractivity (Wildman–Crippen MR) is 81.7 cm³/mol. The predicted octanol–water partition coefficient (Wildman–Crippen LogP) is 1.88. The average molecular weight is 287 g/mol. The van der Waals surface area contributed by atoms with Gasteiger partial charge in [-0.15, -0.1) is 9.53 Å². The summed E-state index contributed by atoms with van der Waals surface area (Å²) in [5, 5.41) is 0. The van der Waals surface area contributed by atoms with Crippen LogP contribution in [0.4, 0.5) is 0 Å². The van der Waals surface area contributed by atoms with Crippen LogP contribution in [0.5, 0.6) is 0 Å². The van der Waals surface area contributed by atoms with Gasteiger partial charge in [0.1, 0.15) is 0 Å². The number of nitrogens with one attached hydrogen (secondary N) is 1.